The zero-order valence-corrected chi connectivity index (χ0v) is 28.5. The van der Waals surface area contributed by atoms with Gasteiger partial charge in [0.05, 0.1) is 28.4 Å². The molecule has 0 atom stereocenters. The van der Waals surface area contributed by atoms with Gasteiger partial charge in [0.25, 0.3) is 0 Å². The van der Waals surface area contributed by atoms with E-state index in [-0.39, 0.29) is 10.8 Å². The number of ether oxygens (including phenoxy) is 4. The van der Waals surface area contributed by atoms with Crippen molar-refractivity contribution in [3.8, 4) is 23.0 Å². The normalized spacial score (nSPS) is 11.0. The van der Waals surface area contributed by atoms with Crippen LogP contribution < -0.4 is 18.9 Å². The van der Waals surface area contributed by atoms with Crippen LogP contribution in [-0.2, 0) is 10.8 Å². The summed E-state index contributed by atoms with van der Waals surface area (Å²) in [5.74, 6) is 3.58. The number of aliphatic hydroxyl groups is 1. The fourth-order valence-electron chi connectivity index (χ4n) is 4.95. The minimum absolute atomic E-state index is 0.155. The van der Waals surface area contributed by atoms with Gasteiger partial charge in [-0.1, -0.05) is 92.9 Å². The Balaban J connectivity index is 0.000000737. The molecular formula is C36H62O5. The lowest BCUT2D eigenvalue weighted by Gasteiger charge is -2.27. The molecule has 2 aromatic carbocycles. The first kappa shape index (κ1) is 38.6. The summed E-state index contributed by atoms with van der Waals surface area (Å²) in [6.07, 6.45) is 12.8. The molecular weight excluding hydrogens is 512 g/mol. The van der Waals surface area contributed by atoms with Gasteiger partial charge in [-0.05, 0) is 66.0 Å². The van der Waals surface area contributed by atoms with Crippen LogP contribution >= 0.6 is 0 Å². The second-order valence-electron chi connectivity index (χ2n) is 12.0. The molecule has 0 saturated heterocycles. The summed E-state index contributed by atoms with van der Waals surface area (Å²) in [5.41, 5.74) is 3.98. The predicted octanol–water partition coefficient (Wildman–Crippen LogP) is 9.82. The molecule has 236 valence electrons. The highest BCUT2D eigenvalue weighted by molar-refractivity contribution is 5.49. The van der Waals surface area contributed by atoms with Gasteiger partial charge in [0.1, 0.15) is 23.0 Å². The third-order valence-corrected chi connectivity index (χ3v) is 7.98. The Kier molecular flexibility index (Phi) is 19.3. The molecule has 0 aliphatic heterocycles. The molecule has 0 bridgehead atoms. The predicted molar refractivity (Wildman–Crippen MR) is 176 cm³/mol. The second kappa shape index (κ2) is 20.5. The average Bonchev–Trinajstić information content (AvgIpc) is 2.98. The molecule has 0 saturated carbocycles. The number of rotatable bonds is 16. The first-order valence-corrected chi connectivity index (χ1v) is 15.4. The van der Waals surface area contributed by atoms with E-state index in [4.69, 9.17) is 24.1 Å². The van der Waals surface area contributed by atoms with Crippen molar-refractivity contribution in [2.45, 2.75) is 124 Å². The van der Waals surface area contributed by atoms with Gasteiger partial charge in [0.2, 0.25) is 0 Å². The van der Waals surface area contributed by atoms with Gasteiger partial charge in [-0.15, -0.1) is 0 Å². The number of benzene rings is 2. The molecule has 0 aromatic heterocycles. The molecule has 5 heteroatoms. The van der Waals surface area contributed by atoms with Crippen LogP contribution in [0.15, 0.2) is 30.3 Å². The summed E-state index contributed by atoms with van der Waals surface area (Å²) in [4.78, 5) is 0. The van der Waals surface area contributed by atoms with Gasteiger partial charge < -0.3 is 24.1 Å². The lowest BCUT2D eigenvalue weighted by molar-refractivity contribution is 0.381. The maximum atomic E-state index is 7.00. The van der Waals surface area contributed by atoms with Crippen molar-refractivity contribution >= 4 is 0 Å². The van der Waals surface area contributed by atoms with E-state index in [1.54, 1.807) is 28.4 Å². The van der Waals surface area contributed by atoms with Crippen LogP contribution in [0.5, 0.6) is 23.0 Å². The van der Waals surface area contributed by atoms with E-state index in [1.165, 1.54) is 75.3 Å². The molecule has 5 nitrogen and oxygen atoms in total. The summed E-state index contributed by atoms with van der Waals surface area (Å²) in [5, 5.41) is 7.00. The van der Waals surface area contributed by atoms with Crippen LogP contribution in [0.1, 0.15) is 122 Å². The topological polar surface area (TPSA) is 57.2 Å². The number of aliphatic hydroxyl groups excluding tert-OH is 1. The zero-order chi connectivity index (χ0) is 31.5. The largest absolute Gasteiger partial charge is 0.497 e. The standard InChI is InChI=1S/C18H30O2.C17H28O2.CH4O/c1-7-8-9-10-11-18(3,4)15-12-16(19-5)14(2)17(13-15)20-6;1-6-7-8-9-10-17(2,3)14-11-15(18-4)13-16(12-14)19-5;1-2/h12-13H,7-11H2,1-6H3;11-13H,6-10H2,1-5H3;2H,1H3. The molecule has 0 radical (unpaired) electrons. The Labute approximate surface area is 253 Å². The van der Waals surface area contributed by atoms with Gasteiger partial charge in [-0.25, -0.2) is 0 Å². The summed E-state index contributed by atoms with van der Waals surface area (Å²) in [6.45, 7) is 15.7. The van der Waals surface area contributed by atoms with E-state index >= 15 is 0 Å². The molecule has 0 heterocycles. The summed E-state index contributed by atoms with van der Waals surface area (Å²) in [6, 6.07) is 10.5. The molecule has 2 rings (SSSR count). The van der Waals surface area contributed by atoms with Gasteiger partial charge in [-0.3, -0.25) is 0 Å². The van der Waals surface area contributed by atoms with E-state index in [9.17, 15) is 0 Å². The van der Waals surface area contributed by atoms with Crippen molar-refractivity contribution in [1.29, 1.82) is 0 Å². The third-order valence-electron chi connectivity index (χ3n) is 7.98. The maximum Gasteiger partial charge on any atom is 0.125 e. The highest BCUT2D eigenvalue weighted by Gasteiger charge is 2.23. The molecule has 0 fully saturated rings. The molecule has 0 aliphatic rings. The highest BCUT2D eigenvalue weighted by atomic mass is 16.5. The highest BCUT2D eigenvalue weighted by Crippen LogP contribution is 2.38. The molecule has 0 unspecified atom stereocenters. The van der Waals surface area contributed by atoms with Gasteiger partial charge >= 0.3 is 0 Å². The molecule has 1 N–H and O–H groups in total. The van der Waals surface area contributed by atoms with E-state index in [0.29, 0.717) is 0 Å². The van der Waals surface area contributed by atoms with Crippen LogP contribution in [0, 0.1) is 6.92 Å². The summed E-state index contributed by atoms with van der Waals surface area (Å²) < 4.78 is 21.7. The molecule has 2 aromatic rings. The number of methoxy groups -OCH3 is 4. The minimum atomic E-state index is 0.155. The Morgan fingerprint density at radius 2 is 0.902 bits per heavy atom. The lowest BCUT2D eigenvalue weighted by Crippen LogP contribution is -2.17. The third kappa shape index (κ3) is 13.4. The Morgan fingerprint density at radius 1 is 0.537 bits per heavy atom. The summed E-state index contributed by atoms with van der Waals surface area (Å²) >= 11 is 0. The van der Waals surface area contributed by atoms with E-state index in [0.717, 1.165) is 35.7 Å². The molecule has 41 heavy (non-hydrogen) atoms. The van der Waals surface area contributed by atoms with E-state index < -0.39 is 0 Å². The van der Waals surface area contributed by atoms with Crippen molar-refractivity contribution in [1.82, 2.24) is 0 Å². The molecule has 0 amide bonds. The van der Waals surface area contributed by atoms with Crippen LogP contribution in [0.4, 0.5) is 0 Å². The average molecular weight is 575 g/mol. The van der Waals surface area contributed by atoms with Crippen LogP contribution in [0.2, 0.25) is 0 Å². The number of hydrogen-bond acceptors (Lipinski definition) is 5. The smallest absolute Gasteiger partial charge is 0.125 e. The molecule has 0 aliphatic carbocycles. The summed E-state index contributed by atoms with van der Waals surface area (Å²) in [7, 11) is 7.85. The van der Waals surface area contributed by atoms with Crippen LogP contribution in [0.3, 0.4) is 0 Å². The number of unbranched alkanes of at least 4 members (excludes halogenated alkanes) is 6. The van der Waals surface area contributed by atoms with E-state index in [1.807, 2.05) is 13.0 Å². The van der Waals surface area contributed by atoms with Crippen LogP contribution in [-0.4, -0.2) is 40.7 Å². The van der Waals surface area contributed by atoms with Gasteiger partial charge in [0.15, 0.2) is 0 Å². The first-order valence-electron chi connectivity index (χ1n) is 15.4. The Hall–Kier alpha value is -2.40. The maximum absolute atomic E-state index is 7.00. The Morgan fingerprint density at radius 3 is 1.22 bits per heavy atom. The first-order chi connectivity index (χ1) is 19.5. The fraction of sp³-hybridized carbons (Fsp3) is 0.667. The fourth-order valence-corrected chi connectivity index (χ4v) is 4.95. The molecule has 0 spiro atoms. The quantitative estimate of drug-likeness (QED) is 0.202. The SMILES string of the molecule is CCCCCCC(C)(C)c1cc(OC)c(C)c(OC)c1.CCCCCCC(C)(C)c1cc(OC)cc(OC)c1.CO. The van der Waals surface area contributed by atoms with Crippen molar-refractivity contribution < 1.29 is 24.1 Å². The minimum Gasteiger partial charge on any atom is -0.497 e. The van der Waals surface area contributed by atoms with Crippen molar-refractivity contribution in [3.63, 3.8) is 0 Å². The van der Waals surface area contributed by atoms with Crippen molar-refractivity contribution in [2.24, 2.45) is 0 Å². The zero-order valence-electron chi connectivity index (χ0n) is 28.5. The lowest BCUT2D eigenvalue weighted by atomic mass is 9.79. The van der Waals surface area contributed by atoms with Gasteiger partial charge in [0, 0.05) is 18.7 Å². The van der Waals surface area contributed by atoms with E-state index in [2.05, 4.69) is 65.8 Å². The Bertz CT molecular complexity index is 917. The van der Waals surface area contributed by atoms with Crippen molar-refractivity contribution in [2.75, 3.05) is 35.5 Å². The second-order valence-corrected chi connectivity index (χ2v) is 12.0. The van der Waals surface area contributed by atoms with Gasteiger partial charge in [-0.2, -0.15) is 0 Å². The van der Waals surface area contributed by atoms with Crippen LogP contribution in [0.25, 0.3) is 0 Å². The monoisotopic (exact) mass is 574 g/mol. The number of hydrogen-bond donors (Lipinski definition) is 1. The van der Waals surface area contributed by atoms with Crippen molar-refractivity contribution in [3.05, 3.63) is 47.0 Å².